The Kier molecular flexibility index (Phi) is 60.7. The van der Waals surface area contributed by atoms with Gasteiger partial charge in [0.15, 0.2) is 0 Å². The Hall–Kier alpha value is -0.500. The van der Waals surface area contributed by atoms with Crippen LogP contribution < -0.4 is 10.2 Å². The molecule has 0 aliphatic rings. The van der Waals surface area contributed by atoms with Gasteiger partial charge < -0.3 is 28.8 Å². The first kappa shape index (κ1) is 77.5. The summed E-state index contributed by atoms with van der Waals surface area (Å²) in [7, 11) is 1.33. The molecule has 0 saturated carbocycles. The molecule has 0 spiro atoms. The maximum atomic E-state index is 13.0. The predicted molar refractivity (Wildman–Crippen MR) is 339 cm³/mol. The van der Waals surface area contributed by atoms with Crippen LogP contribution in [0.2, 0.25) is 0 Å². The molecule has 0 aliphatic carbocycles. The van der Waals surface area contributed by atoms with Gasteiger partial charge in [0.1, 0.15) is 13.2 Å². The first-order valence-electron chi connectivity index (χ1n) is 35.4. The van der Waals surface area contributed by atoms with Crippen molar-refractivity contribution in [2.24, 2.45) is 0 Å². The highest BCUT2D eigenvalue weighted by molar-refractivity contribution is 7.45. The number of phosphoric ester groups is 1. The van der Waals surface area contributed by atoms with Gasteiger partial charge >= 0.3 is 0 Å². The highest BCUT2D eigenvalue weighted by Crippen LogP contribution is 2.38. The molecule has 0 fully saturated rings. The summed E-state index contributed by atoms with van der Waals surface area (Å²) in [6.07, 6.45) is 76.2. The minimum Gasteiger partial charge on any atom is -0.756 e. The second-order valence-electron chi connectivity index (χ2n) is 26.0. The Balaban J connectivity index is 3.90. The van der Waals surface area contributed by atoms with Crippen LogP contribution in [-0.4, -0.2) is 68.5 Å². The highest BCUT2D eigenvalue weighted by Gasteiger charge is 2.24. The molecule has 0 rings (SSSR count). The topological polar surface area (TPSA) is 108 Å². The van der Waals surface area contributed by atoms with Crippen molar-refractivity contribution in [1.29, 1.82) is 0 Å². The normalized spacial score (nSPS) is 13.6. The number of unbranched alkanes of at least 4 members (excludes halogenated alkanes) is 54. The molecule has 0 aromatic rings. The van der Waals surface area contributed by atoms with Crippen LogP contribution in [0.25, 0.3) is 0 Å². The third-order valence-electron chi connectivity index (χ3n) is 16.8. The van der Waals surface area contributed by atoms with E-state index in [-0.39, 0.29) is 19.1 Å². The van der Waals surface area contributed by atoms with Crippen LogP contribution in [0.5, 0.6) is 0 Å². The van der Waals surface area contributed by atoms with Gasteiger partial charge in [-0.15, -0.1) is 0 Å². The van der Waals surface area contributed by atoms with E-state index in [1.54, 1.807) is 0 Å². The number of quaternary nitrogens is 1. The smallest absolute Gasteiger partial charge is 0.268 e. The van der Waals surface area contributed by atoms with Gasteiger partial charge in [0, 0.05) is 6.42 Å². The van der Waals surface area contributed by atoms with Gasteiger partial charge in [0.05, 0.1) is 39.9 Å². The molecule has 9 heteroatoms. The first-order chi connectivity index (χ1) is 38.0. The van der Waals surface area contributed by atoms with E-state index in [4.69, 9.17) is 9.05 Å². The summed E-state index contributed by atoms with van der Waals surface area (Å²) < 4.78 is 23.5. The van der Waals surface area contributed by atoms with Crippen molar-refractivity contribution in [3.63, 3.8) is 0 Å². The largest absolute Gasteiger partial charge is 0.756 e. The molecule has 3 unspecified atom stereocenters. The van der Waals surface area contributed by atoms with Crippen LogP contribution in [0.3, 0.4) is 0 Å². The number of aliphatic hydroxyl groups excluding tert-OH is 1. The summed E-state index contributed by atoms with van der Waals surface area (Å²) in [5.74, 6) is -0.154. The van der Waals surface area contributed by atoms with Crippen LogP contribution in [0, 0.1) is 0 Å². The van der Waals surface area contributed by atoms with Gasteiger partial charge in [-0.1, -0.05) is 367 Å². The molecule has 0 saturated heterocycles. The van der Waals surface area contributed by atoms with Gasteiger partial charge in [-0.05, 0) is 12.8 Å². The Morgan fingerprint density at radius 3 is 0.872 bits per heavy atom. The van der Waals surface area contributed by atoms with Crippen molar-refractivity contribution < 1.29 is 32.9 Å². The van der Waals surface area contributed by atoms with Crippen molar-refractivity contribution in [3.05, 3.63) is 0 Å². The van der Waals surface area contributed by atoms with Crippen LogP contribution in [0.15, 0.2) is 0 Å². The summed E-state index contributed by atoms with van der Waals surface area (Å²) in [5.41, 5.74) is 0. The number of aliphatic hydroxyl groups is 1. The fourth-order valence-electron chi connectivity index (χ4n) is 11.3. The second-order valence-corrected chi connectivity index (χ2v) is 27.4. The Morgan fingerprint density at radius 2 is 0.628 bits per heavy atom. The number of likely N-dealkylation sites (N-methyl/N-ethyl adjacent to an activating group) is 1. The van der Waals surface area contributed by atoms with Crippen LogP contribution in [-0.2, 0) is 18.4 Å². The number of hydrogen-bond acceptors (Lipinski definition) is 6. The third-order valence-corrected chi connectivity index (χ3v) is 17.8. The zero-order valence-electron chi connectivity index (χ0n) is 53.7. The summed E-state index contributed by atoms with van der Waals surface area (Å²) in [5, 5.41) is 14.1. The minimum atomic E-state index is -4.57. The molecule has 3 atom stereocenters. The molecule has 1 amide bonds. The minimum absolute atomic E-state index is 0.0169. The number of phosphoric acid groups is 1. The number of nitrogens with one attached hydrogen (secondary N) is 1. The van der Waals surface area contributed by atoms with E-state index in [1.807, 2.05) is 21.1 Å². The van der Waals surface area contributed by atoms with Crippen molar-refractivity contribution >= 4 is 13.7 Å². The fraction of sp³-hybridized carbons (Fsp3) is 0.986. The van der Waals surface area contributed by atoms with Gasteiger partial charge in [0.2, 0.25) is 5.91 Å². The average Bonchev–Trinajstić information content (AvgIpc) is 3.41. The summed E-state index contributed by atoms with van der Waals surface area (Å²) in [6.45, 7) is 4.80. The average molecular weight is 1130 g/mol. The lowest BCUT2D eigenvalue weighted by atomic mass is 10.0. The zero-order valence-corrected chi connectivity index (χ0v) is 54.6. The van der Waals surface area contributed by atoms with Gasteiger partial charge in [-0.3, -0.25) is 9.36 Å². The lowest BCUT2D eigenvalue weighted by Gasteiger charge is -2.30. The first-order valence-corrected chi connectivity index (χ1v) is 36.8. The lowest BCUT2D eigenvalue weighted by Crippen LogP contribution is -2.46. The van der Waals surface area contributed by atoms with Gasteiger partial charge in [0.25, 0.3) is 7.82 Å². The lowest BCUT2D eigenvalue weighted by molar-refractivity contribution is -0.870. The van der Waals surface area contributed by atoms with Crippen LogP contribution in [0.1, 0.15) is 386 Å². The van der Waals surface area contributed by atoms with Crippen molar-refractivity contribution in [2.45, 2.75) is 398 Å². The number of hydrogen-bond donors (Lipinski definition) is 2. The summed E-state index contributed by atoms with van der Waals surface area (Å²) in [6, 6.07) is -0.796. The molecule has 2 N–H and O–H groups in total. The Labute approximate surface area is 489 Å². The van der Waals surface area contributed by atoms with E-state index >= 15 is 0 Å². The van der Waals surface area contributed by atoms with E-state index in [1.165, 1.54) is 321 Å². The van der Waals surface area contributed by atoms with Crippen molar-refractivity contribution in [3.8, 4) is 0 Å². The SMILES string of the molecule is CCCCCCCCCCCCCCCCCCCCCCCCCCCCCCCCCCCCCCC(=O)NC(COP(=O)([O-])OCC[N+](C)(C)C)C(O)CCCCCCCCCCCCCCCCCCCCCC. The maximum absolute atomic E-state index is 13.0. The predicted octanol–water partition coefficient (Wildman–Crippen LogP) is 21.7. The molecular formula is C69H141N2O6P. The van der Waals surface area contributed by atoms with E-state index in [0.717, 1.165) is 38.5 Å². The molecular weight excluding hydrogens is 984 g/mol. The quantitative estimate of drug-likeness (QED) is 0.0357. The number of carbonyl (C=O) groups is 1. The molecule has 0 radical (unpaired) electrons. The summed E-state index contributed by atoms with van der Waals surface area (Å²) in [4.78, 5) is 25.6. The van der Waals surface area contributed by atoms with Crippen molar-refractivity contribution in [2.75, 3.05) is 40.9 Å². The second kappa shape index (κ2) is 61.1. The standard InChI is InChI=1S/C69H141N2O6P/c1-6-8-10-12-14-16-18-20-22-24-26-28-29-30-31-32-33-34-35-36-37-38-39-40-41-42-43-45-47-49-51-53-55-57-59-61-63-69(73)70-67(66-77-78(74,75)76-65-64-71(3,4)5)68(72)62-60-58-56-54-52-50-48-46-44-27-25-23-21-19-17-15-13-11-9-7-2/h67-68,72H,6-66H2,1-5H3,(H-,70,73,74,75). The van der Waals surface area contributed by atoms with Gasteiger partial charge in [-0.2, -0.15) is 0 Å². The Bertz CT molecular complexity index is 1230. The van der Waals surface area contributed by atoms with Crippen molar-refractivity contribution in [1.82, 2.24) is 5.32 Å². The third kappa shape index (κ3) is 63.1. The molecule has 0 bridgehead atoms. The fourth-order valence-corrected chi connectivity index (χ4v) is 12.1. The molecule has 8 nitrogen and oxygen atoms in total. The van der Waals surface area contributed by atoms with E-state index in [2.05, 4.69) is 19.2 Å². The molecule has 0 aromatic carbocycles. The number of rotatable bonds is 67. The molecule has 0 heterocycles. The highest BCUT2D eigenvalue weighted by atomic mass is 31.2. The molecule has 0 aromatic heterocycles. The van der Waals surface area contributed by atoms with E-state index in [9.17, 15) is 19.4 Å². The van der Waals surface area contributed by atoms with E-state index in [0.29, 0.717) is 23.9 Å². The maximum Gasteiger partial charge on any atom is 0.268 e. The van der Waals surface area contributed by atoms with Crippen LogP contribution in [0.4, 0.5) is 0 Å². The molecule has 468 valence electrons. The molecule has 0 aliphatic heterocycles. The monoisotopic (exact) mass is 1130 g/mol. The number of amides is 1. The number of carbonyl (C=O) groups excluding carboxylic acids is 1. The molecule has 78 heavy (non-hydrogen) atoms. The summed E-state index contributed by atoms with van der Waals surface area (Å²) >= 11 is 0. The number of nitrogens with zero attached hydrogens (tertiary/aromatic N) is 1. The Morgan fingerprint density at radius 1 is 0.397 bits per heavy atom. The van der Waals surface area contributed by atoms with Gasteiger partial charge in [-0.25, -0.2) is 0 Å². The zero-order chi connectivity index (χ0) is 57.0. The van der Waals surface area contributed by atoms with E-state index < -0.39 is 20.0 Å². The van der Waals surface area contributed by atoms with Crippen LogP contribution >= 0.6 is 7.82 Å².